The molecule has 0 aromatic rings. The molecule has 0 aromatic heterocycles. The zero-order chi connectivity index (χ0) is 14.9. The lowest BCUT2D eigenvalue weighted by molar-refractivity contribution is 0.0239. The van der Waals surface area contributed by atoms with Gasteiger partial charge in [0.2, 0.25) is 0 Å². The summed E-state index contributed by atoms with van der Waals surface area (Å²) in [4.78, 5) is 0. The fourth-order valence-electron chi connectivity index (χ4n) is 4.29. The lowest BCUT2D eigenvalue weighted by Gasteiger charge is -2.31. The van der Waals surface area contributed by atoms with Crippen molar-refractivity contribution in [2.45, 2.75) is 90.6 Å². The molecule has 2 aliphatic rings. The van der Waals surface area contributed by atoms with Crippen LogP contribution in [0.3, 0.4) is 0 Å². The van der Waals surface area contributed by atoms with E-state index in [0.29, 0.717) is 6.10 Å². The summed E-state index contributed by atoms with van der Waals surface area (Å²) in [6.07, 6.45) is 20.9. The van der Waals surface area contributed by atoms with Gasteiger partial charge in [-0.15, -0.1) is 0 Å². The maximum atomic E-state index is 5.76. The average molecular weight is 293 g/mol. The number of hydrogen-bond donors (Lipinski definition) is 0. The van der Waals surface area contributed by atoms with Crippen LogP contribution in [-0.4, -0.2) is 12.7 Å². The summed E-state index contributed by atoms with van der Waals surface area (Å²) in [7, 11) is 0. The van der Waals surface area contributed by atoms with Crippen molar-refractivity contribution in [3.05, 3.63) is 12.2 Å². The Labute approximate surface area is 132 Å². The highest BCUT2D eigenvalue weighted by molar-refractivity contribution is 4.90. The summed E-state index contributed by atoms with van der Waals surface area (Å²) < 4.78 is 5.76. The van der Waals surface area contributed by atoms with Crippen LogP contribution in [-0.2, 0) is 4.74 Å². The Kier molecular flexibility index (Phi) is 7.85. The molecule has 2 saturated carbocycles. The summed E-state index contributed by atoms with van der Waals surface area (Å²) in [5.74, 6) is 2.92. The van der Waals surface area contributed by atoms with Crippen LogP contribution in [0.2, 0.25) is 0 Å². The molecule has 21 heavy (non-hydrogen) atoms. The fourth-order valence-corrected chi connectivity index (χ4v) is 4.29. The van der Waals surface area contributed by atoms with E-state index in [0.717, 1.165) is 24.4 Å². The van der Waals surface area contributed by atoms with Gasteiger partial charge in [-0.1, -0.05) is 31.9 Å². The van der Waals surface area contributed by atoms with Crippen molar-refractivity contribution in [2.75, 3.05) is 6.61 Å². The number of rotatable bonds is 7. The second kappa shape index (κ2) is 9.66. The van der Waals surface area contributed by atoms with Crippen LogP contribution in [0.4, 0.5) is 0 Å². The van der Waals surface area contributed by atoms with Gasteiger partial charge in [0.15, 0.2) is 0 Å². The van der Waals surface area contributed by atoms with Crippen LogP contribution in [0.1, 0.15) is 84.5 Å². The van der Waals surface area contributed by atoms with Crippen LogP contribution < -0.4 is 0 Å². The van der Waals surface area contributed by atoms with Crippen LogP contribution in [0.15, 0.2) is 12.2 Å². The van der Waals surface area contributed by atoms with E-state index in [1.54, 1.807) is 0 Å². The summed E-state index contributed by atoms with van der Waals surface area (Å²) in [5, 5.41) is 0. The van der Waals surface area contributed by atoms with Gasteiger partial charge in [-0.05, 0) is 82.5 Å². The van der Waals surface area contributed by atoms with Crippen LogP contribution >= 0.6 is 0 Å². The quantitative estimate of drug-likeness (QED) is 0.512. The highest BCUT2D eigenvalue weighted by Gasteiger charge is 2.24. The highest BCUT2D eigenvalue weighted by Crippen LogP contribution is 2.36. The van der Waals surface area contributed by atoms with Gasteiger partial charge < -0.3 is 4.74 Å². The Morgan fingerprint density at radius 1 is 0.810 bits per heavy atom. The van der Waals surface area contributed by atoms with Crippen molar-refractivity contribution < 1.29 is 4.74 Å². The van der Waals surface area contributed by atoms with Gasteiger partial charge in [-0.3, -0.25) is 0 Å². The normalized spacial score (nSPS) is 34.4. The molecule has 0 amide bonds. The maximum Gasteiger partial charge on any atom is 0.0575 e. The lowest BCUT2D eigenvalue weighted by Crippen LogP contribution is -2.22. The predicted octanol–water partition coefficient (Wildman–Crippen LogP) is 6.13. The zero-order valence-corrected chi connectivity index (χ0v) is 14.4. The van der Waals surface area contributed by atoms with E-state index in [1.807, 2.05) is 0 Å². The van der Waals surface area contributed by atoms with Crippen molar-refractivity contribution in [2.24, 2.45) is 17.8 Å². The van der Waals surface area contributed by atoms with Crippen LogP contribution in [0.25, 0.3) is 0 Å². The topological polar surface area (TPSA) is 9.23 Å². The van der Waals surface area contributed by atoms with Gasteiger partial charge >= 0.3 is 0 Å². The smallest absolute Gasteiger partial charge is 0.0575 e. The molecular weight excluding hydrogens is 256 g/mol. The first-order valence-corrected chi connectivity index (χ1v) is 9.60. The molecule has 0 heterocycles. The van der Waals surface area contributed by atoms with Crippen molar-refractivity contribution >= 4 is 0 Å². The Bertz CT molecular complexity index is 280. The molecule has 122 valence electrons. The first-order valence-electron chi connectivity index (χ1n) is 9.60. The molecule has 0 radical (unpaired) electrons. The third-order valence-corrected chi connectivity index (χ3v) is 5.71. The molecule has 1 heteroatoms. The van der Waals surface area contributed by atoms with Crippen molar-refractivity contribution in [1.82, 2.24) is 0 Å². The number of ether oxygens (including phenoxy) is 1. The van der Waals surface area contributed by atoms with Gasteiger partial charge in [-0.2, -0.15) is 0 Å². The summed E-state index contributed by atoms with van der Waals surface area (Å²) in [6.45, 7) is 5.26. The van der Waals surface area contributed by atoms with E-state index >= 15 is 0 Å². The molecule has 0 spiro atoms. The first-order chi connectivity index (χ1) is 10.3. The molecule has 2 aliphatic carbocycles. The van der Waals surface area contributed by atoms with E-state index in [4.69, 9.17) is 4.74 Å². The maximum absolute atomic E-state index is 5.76. The molecule has 0 unspecified atom stereocenters. The minimum atomic E-state index is 0.576. The van der Waals surface area contributed by atoms with Gasteiger partial charge in [0.25, 0.3) is 0 Å². The Morgan fingerprint density at radius 3 is 1.90 bits per heavy atom. The number of allylic oxidation sites excluding steroid dienone is 2. The summed E-state index contributed by atoms with van der Waals surface area (Å²) >= 11 is 0. The van der Waals surface area contributed by atoms with Crippen molar-refractivity contribution in [1.29, 1.82) is 0 Å². The SMILES string of the molecule is CC/C=C/[C@H]1CC[C@H](CC[C@H]2CC[C@H](OCC)CC2)CC1. The number of hydrogen-bond acceptors (Lipinski definition) is 1. The summed E-state index contributed by atoms with van der Waals surface area (Å²) in [6, 6.07) is 0. The average Bonchev–Trinajstić information content (AvgIpc) is 2.53. The molecule has 0 bridgehead atoms. The molecule has 2 fully saturated rings. The van der Waals surface area contributed by atoms with Gasteiger partial charge in [0.05, 0.1) is 6.10 Å². The van der Waals surface area contributed by atoms with E-state index in [2.05, 4.69) is 26.0 Å². The van der Waals surface area contributed by atoms with Crippen LogP contribution in [0, 0.1) is 17.8 Å². The fraction of sp³-hybridized carbons (Fsp3) is 0.900. The molecule has 2 rings (SSSR count). The molecule has 0 atom stereocenters. The van der Waals surface area contributed by atoms with E-state index < -0.39 is 0 Å². The zero-order valence-electron chi connectivity index (χ0n) is 14.4. The van der Waals surface area contributed by atoms with E-state index in [1.165, 1.54) is 70.6 Å². The Hall–Kier alpha value is -0.300. The molecule has 0 aromatic carbocycles. The van der Waals surface area contributed by atoms with Crippen LogP contribution in [0.5, 0.6) is 0 Å². The summed E-state index contributed by atoms with van der Waals surface area (Å²) in [5.41, 5.74) is 0. The predicted molar refractivity (Wildman–Crippen MR) is 91.5 cm³/mol. The Morgan fingerprint density at radius 2 is 1.38 bits per heavy atom. The minimum absolute atomic E-state index is 0.576. The third-order valence-electron chi connectivity index (χ3n) is 5.71. The van der Waals surface area contributed by atoms with Crippen molar-refractivity contribution in [3.63, 3.8) is 0 Å². The third kappa shape index (κ3) is 6.14. The van der Waals surface area contributed by atoms with Gasteiger partial charge in [0.1, 0.15) is 0 Å². The van der Waals surface area contributed by atoms with E-state index in [9.17, 15) is 0 Å². The second-order valence-electron chi connectivity index (χ2n) is 7.29. The lowest BCUT2D eigenvalue weighted by atomic mass is 9.77. The first kappa shape index (κ1) is 17.1. The molecular formula is C20H36O. The van der Waals surface area contributed by atoms with Gasteiger partial charge in [0, 0.05) is 6.61 Å². The highest BCUT2D eigenvalue weighted by atomic mass is 16.5. The largest absolute Gasteiger partial charge is 0.379 e. The standard InChI is InChI=1S/C20H36O/c1-3-5-6-17-7-9-18(10-8-17)11-12-19-13-15-20(16-14-19)21-4-2/h5-6,17-20H,3-4,7-16H2,1-2H3/b6-5+/t17-,18-,19-,20-. The molecule has 0 saturated heterocycles. The Balaban J connectivity index is 1.57. The second-order valence-corrected chi connectivity index (χ2v) is 7.29. The monoisotopic (exact) mass is 292 g/mol. The molecule has 0 N–H and O–H groups in total. The molecule has 0 aliphatic heterocycles. The van der Waals surface area contributed by atoms with E-state index in [-0.39, 0.29) is 0 Å². The minimum Gasteiger partial charge on any atom is -0.379 e. The van der Waals surface area contributed by atoms with Gasteiger partial charge in [-0.25, -0.2) is 0 Å². The van der Waals surface area contributed by atoms with Crippen molar-refractivity contribution in [3.8, 4) is 0 Å². The molecule has 1 nitrogen and oxygen atoms in total.